The van der Waals surface area contributed by atoms with Crippen LogP contribution in [0.5, 0.6) is 5.88 Å². The summed E-state index contributed by atoms with van der Waals surface area (Å²) in [5, 5.41) is 7.94. The Bertz CT molecular complexity index is 1090. The third-order valence-electron chi connectivity index (χ3n) is 6.34. The van der Waals surface area contributed by atoms with Crippen LogP contribution in [0.1, 0.15) is 55.3 Å². The summed E-state index contributed by atoms with van der Waals surface area (Å²) in [6.07, 6.45) is 13.9. The number of ether oxygens (including phenoxy) is 1. The number of aromatic nitrogens is 3. The summed E-state index contributed by atoms with van der Waals surface area (Å²) in [6.45, 7) is 2.57. The van der Waals surface area contributed by atoms with Crippen molar-refractivity contribution >= 4 is 23.3 Å². The van der Waals surface area contributed by atoms with Crippen LogP contribution in [0.15, 0.2) is 48.8 Å². The molecule has 2 aliphatic rings. The third-order valence-corrected chi connectivity index (χ3v) is 6.60. The van der Waals surface area contributed by atoms with Gasteiger partial charge in [0.25, 0.3) is 0 Å². The van der Waals surface area contributed by atoms with Crippen molar-refractivity contribution in [2.24, 2.45) is 0 Å². The quantitative estimate of drug-likeness (QED) is 0.385. The molecule has 33 heavy (non-hydrogen) atoms. The van der Waals surface area contributed by atoms with Crippen LogP contribution in [-0.2, 0) is 6.42 Å². The van der Waals surface area contributed by atoms with E-state index in [4.69, 9.17) is 21.4 Å². The van der Waals surface area contributed by atoms with Crippen molar-refractivity contribution in [1.29, 1.82) is 0 Å². The number of hydrogen-bond acceptors (Lipinski definition) is 5. The fourth-order valence-corrected chi connectivity index (χ4v) is 4.78. The molecule has 1 aliphatic heterocycles. The Morgan fingerprint density at radius 1 is 0.939 bits per heavy atom. The van der Waals surface area contributed by atoms with Gasteiger partial charge >= 0.3 is 0 Å². The number of piperidine rings is 1. The van der Waals surface area contributed by atoms with Crippen molar-refractivity contribution < 1.29 is 4.74 Å². The van der Waals surface area contributed by atoms with Gasteiger partial charge in [-0.05, 0) is 80.0 Å². The monoisotopic (exact) mass is 463 g/mol. The number of hydrogen-bond donors (Lipinski definition) is 1. The van der Waals surface area contributed by atoms with E-state index in [9.17, 15) is 0 Å². The highest BCUT2D eigenvalue weighted by molar-refractivity contribution is 6.30. The number of allylic oxidation sites excluding steroid dienone is 1. The number of pyridine rings is 1. The van der Waals surface area contributed by atoms with Gasteiger partial charge in [0.15, 0.2) is 6.73 Å². The van der Waals surface area contributed by atoms with Gasteiger partial charge in [0.1, 0.15) is 0 Å². The number of nitrogens with zero attached hydrogens (tertiary/aromatic N) is 4. The first-order valence-corrected chi connectivity index (χ1v) is 12.3. The Hall–Kier alpha value is -2.67. The van der Waals surface area contributed by atoms with Gasteiger partial charge in [-0.3, -0.25) is 4.98 Å². The second kappa shape index (κ2) is 10.5. The maximum absolute atomic E-state index is 6.23. The average molecular weight is 464 g/mol. The first-order valence-electron chi connectivity index (χ1n) is 11.9. The number of benzene rings is 1. The molecule has 0 amide bonds. The molecule has 172 valence electrons. The molecule has 7 heteroatoms. The lowest BCUT2D eigenvalue weighted by Gasteiger charge is -2.26. The number of fused-ring (bicyclic) bond motifs is 1. The van der Waals surface area contributed by atoms with Gasteiger partial charge in [0.2, 0.25) is 5.88 Å². The Balaban J connectivity index is 1.49. The molecule has 0 atom stereocenters. The SMILES string of the molecule is Clc1ccc(/C=C2\CCCCc3c(OCNN4CCCCC4)nn(-c4ccncc4)c32)cc1. The smallest absolute Gasteiger partial charge is 0.238 e. The molecule has 3 heterocycles. The van der Waals surface area contributed by atoms with Crippen LogP contribution >= 0.6 is 11.6 Å². The number of rotatable bonds is 6. The third kappa shape index (κ3) is 5.29. The number of halogens is 1. The van der Waals surface area contributed by atoms with Gasteiger partial charge in [-0.1, -0.05) is 30.2 Å². The van der Waals surface area contributed by atoms with Gasteiger partial charge in [0.05, 0.1) is 11.4 Å². The highest BCUT2D eigenvalue weighted by Gasteiger charge is 2.25. The molecule has 1 aliphatic carbocycles. The van der Waals surface area contributed by atoms with Gasteiger partial charge < -0.3 is 4.74 Å². The van der Waals surface area contributed by atoms with Crippen LogP contribution in [0, 0.1) is 0 Å². The zero-order chi connectivity index (χ0) is 22.5. The van der Waals surface area contributed by atoms with E-state index < -0.39 is 0 Å². The number of hydrazine groups is 1. The molecule has 0 unspecified atom stereocenters. The molecule has 2 aromatic heterocycles. The molecule has 1 fully saturated rings. The fourth-order valence-electron chi connectivity index (χ4n) is 4.65. The summed E-state index contributed by atoms with van der Waals surface area (Å²) < 4.78 is 8.26. The lowest BCUT2D eigenvalue weighted by atomic mass is 10.0. The van der Waals surface area contributed by atoms with Crippen molar-refractivity contribution in [2.75, 3.05) is 19.8 Å². The Labute approximate surface area is 200 Å². The lowest BCUT2D eigenvalue weighted by Crippen LogP contribution is -2.43. The molecule has 1 aromatic carbocycles. The zero-order valence-electron chi connectivity index (χ0n) is 18.8. The van der Waals surface area contributed by atoms with Crippen LogP contribution < -0.4 is 10.2 Å². The molecular formula is C26H30ClN5O. The van der Waals surface area contributed by atoms with Crippen LogP contribution in [0.2, 0.25) is 5.02 Å². The van der Waals surface area contributed by atoms with Crippen molar-refractivity contribution in [3.8, 4) is 11.6 Å². The van der Waals surface area contributed by atoms with Gasteiger partial charge in [-0.15, -0.1) is 5.10 Å². The van der Waals surface area contributed by atoms with Crippen LogP contribution in [-0.4, -0.2) is 39.6 Å². The second-order valence-corrected chi connectivity index (χ2v) is 9.11. The summed E-state index contributed by atoms with van der Waals surface area (Å²) in [5.74, 6) is 0.718. The summed E-state index contributed by atoms with van der Waals surface area (Å²) in [4.78, 5) is 4.19. The summed E-state index contributed by atoms with van der Waals surface area (Å²) in [6, 6.07) is 12.0. The van der Waals surface area contributed by atoms with E-state index in [-0.39, 0.29) is 0 Å². The van der Waals surface area contributed by atoms with E-state index in [1.165, 1.54) is 30.4 Å². The second-order valence-electron chi connectivity index (χ2n) is 8.67. The predicted molar refractivity (Wildman–Crippen MR) is 132 cm³/mol. The largest absolute Gasteiger partial charge is 0.459 e. The van der Waals surface area contributed by atoms with E-state index >= 15 is 0 Å². The molecule has 1 N–H and O–H groups in total. The molecular weight excluding hydrogens is 434 g/mol. The maximum atomic E-state index is 6.23. The molecule has 0 radical (unpaired) electrons. The normalized spacial score (nSPS) is 18.2. The van der Waals surface area contributed by atoms with Crippen molar-refractivity contribution in [3.05, 3.63) is 70.6 Å². The van der Waals surface area contributed by atoms with Crippen LogP contribution in [0.3, 0.4) is 0 Å². The fraction of sp³-hybridized carbons (Fsp3) is 0.385. The minimum atomic E-state index is 0.427. The lowest BCUT2D eigenvalue weighted by molar-refractivity contribution is 0.0993. The summed E-state index contributed by atoms with van der Waals surface area (Å²) in [7, 11) is 0. The minimum absolute atomic E-state index is 0.427. The van der Waals surface area contributed by atoms with E-state index in [1.54, 1.807) is 12.4 Å². The first-order chi connectivity index (χ1) is 16.3. The van der Waals surface area contributed by atoms with E-state index in [2.05, 4.69) is 33.6 Å². The van der Waals surface area contributed by atoms with Crippen LogP contribution in [0.4, 0.5) is 0 Å². The number of nitrogens with one attached hydrogen (secondary N) is 1. The van der Waals surface area contributed by atoms with Crippen LogP contribution in [0.25, 0.3) is 17.3 Å². The Morgan fingerprint density at radius 2 is 1.70 bits per heavy atom. The van der Waals surface area contributed by atoms with E-state index in [0.717, 1.165) is 66.6 Å². The minimum Gasteiger partial charge on any atom is -0.459 e. The van der Waals surface area contributed by atoms with Gasteiger partial charge in [0, 0.05) is 36.1 Å². The molecule has 0 spiro atoms. The van der Waals surface area contributed by atoms with Gasteiger partial charge in [-0.25, -0.2) is 15.1 Å². The highest BCUT2D eigenvalue weighted by Crippen LogP contribution is 2.37. The molecule has 6 nitrogen and oxygen atoms in total. The first kappa shape index (κ1) is 22.1. The van der Waals surface area contributed by atoms with Gasteiger partial charge in [-0.2, -0.15) is 0 Å². The van der Waals surface area contributed by atoms with Crippen molar-refractivity contribution in [1.82, 2.24) is 25.2 Å². The summed E-state index contributed by atoms with van der Waals surface area (Å²) >= 11 is 6.11. The highest BCUT2D eigenvalue weighted by atomic mass is 35.5. The Kier molecular flexibility index (Phi) is 7.05. The molecule has 0 bridgehead atoms. The van der Waals surface area contributed by atoms with E-state index in [0.29, 0.717) is 6.73 Å². The Morgan fingerprint density at radius 3 is 2.48 bits per heavy atom. The van der Waals surface area contributed by atoms with E-state index in [1.807, 2.05) is 28.9 Å². The predicted octanol–water partition coefficient (Wildman–Crippen LogP) is 5.51. The molecule has 5 rings (SSSR count). The van der Waals surface area contributed by atoms with Crippen molar-refractivity contribution in [2.45, 2.75) is 44.9 Å². The molecule has 3 aromatic rings. The topological polar surface area (TPSA) is 55.2 Å². The molecule has 0 saturated carbocycles. The van der Waals surface area contributed by atoms with Crippen molar-refractivity contribution in [3.63, 3.8) is 0 Å². The molecule has 1 saturated heterocycles. The summed E-state index contributed by atoms with van der Waals surface area (Å²) in [5.41, 5.74) is 9.15. The zero-order valence-corrected chi connectivity index (χ0v) is 19.6. The average Bonchev–Trinajstić information content (AvgIpc) is 3.08. The maximum Gasteiger partial charge on any atom is 0.238 e. The standard InChI is InChI=1S/C26H30ClN5O/c27-22-10-8-20(9-11-22)18-21-6-2-3-7-24-25(21)32(23-12-14-28-15-13-23)30-26(24)33-19-29-31-16-4-1-5-17-31/h8-15,18,29H,1-7,16-17,19H2/b21-18+.